The number of benzene rings is 1. The summed E-state index contributed by atoms with van der Waals surface area (Å²) in [7, 11) is -4.90. The maximum atomic E-state index is 10.9. The molecule has 0 atom stereocenters. The molecule has 1 amide bonds. The third kappa shape index (κ3) is 2.15. The Kier molecular flexibility index (Phi) is 2.92. The van der Waals surface area contributed by atoms with Gasteiger partial charge in [0.1, 0.15) is 0 Å². The monoisotopic (exact) mass is 246 g/mol. The number of nitro groups is 1. The van der Waals surface area contributed by atoms with Crippen LogP contribution in [0.15, 0.2) is 23.1 Å². The number of carbonyl (C=O) groups is 1. The molecule has 86 valence electrons. The summed E-state index contributed by atoms with van der Waals surface area (Å²) in [6.07, 6.45) is 0. The van der Waals surface area contributed by atoms with Gasteiger partial charge in [-0.2, -0.15) is 8.42 Å². The summed E-state index contributed by atoms with van der Waals surface area (Å²) in [5.74, 6) is -1.18. The summed E-state index contributed by atoms with van der Waals surface area (Å²) < 4.78 is 30.7. The number of hydrogen-bond acceptors (Lipinski definition) is 5. The third-order valence-electron chi connectivity index (χ3n) is 1.71. The van der Waals surface area contributed by atoms with E-state index in [2.05, 4.69) is 0 Å². The normalized spacial score (nSPS) is 11.1. The number of hydrogen-bond donors (Lipinski definition) is 2. The smallest absolute Gasteiger partial charge is 0.302 e. The van der Waals surface area contributed by atoms with Crippen LogP contribution >= 0.6 is 0 Å². The molecule has 0 unspecified atom stereocenters. The first kappa shape index (κ1) is 12.1. The van der Waals surface area contributed by atoms with Gasteiger partial charge in [0, 0.05) is 6.07 Å². The Morgan fingerprint density at radius 1 is 1.44 bits per heavy atom. The zero-order valence-corrected chi connectivity index (χ0v) is 8.47. The standard InChI is InChI=1S/C7H6N2O6S/c8-7(10)4-2-1-3-5(9(11)12)6(4)16(13,14)15/h1-3H,(H2,8,10)(H,13,14,15). The molecule has 0 saturated carbocycles. The molecular weight excluding hydrogens is 240 g/mol. The largest absolute Gasteiger partial charge is 0.366 e. The molecule has 16 heavy (non-hydrogen) atoms. The van der Waals surface area contributed by atoms with Crippen molar-refractivity contribution in [2.45, 2.75) is 4.90 Å². The predicted molar refractivity (Wildman–Crippen MR) is 51.4 cm³/mol. The van der Waals surface area contributed by atoms with Crippen LogP contribution in [0, 0.1) is 10.1 Å². The van der Waals surface area contributed by atoms with Crippen molar-refractivity contribution in [2.24, 2.45) is 5.73 Å². The van der Waals surface area contributed by atoms with Crippen LogP contribution < -0.4 is 5.73 Å². The summed E-state index contributed by atoms with van der Waals surface area (Å²) >= 11 is 0. The molecule has 0 aliphatic heterocycles. The molecule has 0 saturated heterocycles. The lowest BCUT2D eigenvalue weighted by molar-refractivity contribution is -0.387. The second-order valence-electron chi connectivity index (χ2n) is 2.75. The first-order valence-electron chi connectivity index (χ1n) is 3.80. The maximum absolute atomic E-state index is 10.9. The van der Waals surface area contributed by atoms with Crippen LogP contribution in [0.4, 0.5) is 5.69 Å². The minimum atomic E-state index is -4.90. The summed E-state index contributed by atoms with van der Waals surface area (Å²) in [6, 6.07) is 2.90. The second-order valence-corrected chi connectivity index (χ2v) is 4.11. The predicted octanol–water partition coefficient (Wildman–Crippen LogP) is -0.0596. The van der Waals surface area contributed by atoms with E-state index in [1.807, 2.05) is 0 Å². The fraction of sp³-hybridized carbons (Fsp3) is 0. The van der Waals surface area contributed by atoms with Crippen molar-refractivity contribution in [2.75, 3.05) is 0 Å². The van der Waals surface area contributed by atoms with Gasteiger partial charge in [0.15, 0.2) is 4.90 Å². The van der Waals surface area contributed by atoms with Gasteiger partial charge < -0.3 is 5.73 Å². The summed E-state index contributed by atoms with van der Waals surface area (Å²) in [4.78, 5) is 19.3. The lowest BCUT2D eigenvalue weighted by Crippen LogP contribution is -2.17. The molecule has 0 fully saturated rings. The molecule has 9 heteroatoms. The van der Waals surface area contributed by atoms with Crippen LogP contribution in [-0.2, 0) is 10.1 Å². The highest BCUT2D eigenvalue weighted by molar-refractivity contribution is 7.86. The number of nitrogens with two attached hydrogens (primary N) is 1. The number of nitro benzene ring substituents is 1. The van der Waals surface area contributed by atoms with Crippen LogP contribution in [0.5, 0.6) is 0 Å². The Balaban J connectivity index is 3.75. The second kappa shape index (κ2) is 3.87. The molecule has 1 aromatic rings. The van der Waals surface area contributed by atoms with Crippen molar-refractivity contribution in [3.63, 3.8) is 0 Å². The molecule has 0 bridgehead atoms. The van der Waals surface area contributed by atoms with Crippen molar-refractivity contribution in [1.82, 2.24) is 0 Å². The van der Waals surface area contributed by atoms with Gasteiger partial charge in [0.05, 0.1) is 10.5 Å². The SMILES string of the molecule is NC(=O)c1cccc([N+](=O)[O-])c1S(=O)(=O)O. The minimum absolute atomic E-state index is 0.628. The van der Waals surface area contributed by atoms with Crippen molar-refractivity contribution >= 4 is 21.7 Å². The van der Waals surface area contributed by atoms with Gasteiger partial charge in [-0.3, -0.25) is 19.5 Å². The Labute approximate surface area is 89.6 Å². The lowest BCUT2D eigenvalue weighted by atomic mass is 10.2. The molecule has 0 spiro atoms. The molecule has 0 aliphatic rings. The molecule has 3 N–H and O–H groups in total. The van der Waals surface area contributed by atoms with Crippen LogP contribution in [-0.4, -0.2) is 23.8 Å². The van der Waals surface area contributed by atoms with Crippen LogP contribution in [0.3, 0.4) is 0 Å². The van der Waals surface area contributed by atoms with Gasteiger partial charge in [-0.05, 0) is 6.07 Å². The minimum Gasteiger partial charge on any atom is -0.366 e. The summed E-state index contributed by atoms with van der Waals surface area (Å²) in [5.41, 5.74) is 3.31. The van der Waals surface area contributed by atoms with E-state index in [1.165, 1.54) is 0 Å². The van der Waals surface area contributed by atoms with Crippen molar-refractivity contribution in [3.05, 3.63) is 33.9 Å². The van der Waals surface area contributed by atoms with E-state index in [-0.39, 0.29) is 0 Å². The van der Waals surface area contributed by atoms with Crippen molar-refractivity contribution in [1.29, 1.82) is 0 Å². The van der Waals surface area contributed by atoms with Crippen LogP contribution in [0.25, 0.3) is 0 Å². The Morgan fingerprint density at radius 2 is 2.00 bits per heavy atom. The quantitative estimate of drug-likeness (QED) is 0.434. The van der Waals surface area contributed by atoms with E-state index < -0.39 is 37.1 Å². The highest BCUT2D eigenvalue weighted by atomic mass is 32.2. The molecule has 0 aliphatic carbocycles. The van der Waals surface area contributed by atoms with Gasteiger partial charge in [0.2, 0.25) is 5.91 Å². The van der Waals surface area contributed by atoms with Crippen LogP contribution in [0.1, 0.15) is 10.4 Å². The highest BCUT2D eigenvalue weighted by Gasteiger charge is 2.29. The molecule has 1 aromatic carbocycles. The Bertz CT molecular complexity index is 532. The van der Waals surface area contributed by atoms with Gasteiger partial charge in [-0.15, -0.1) is 0 Å². The van der Waals surface area contributed by atoms with Crippen molar-refractivity contribution < 1.29 is 22.7 Å². The van der Waals surface area contributed by atoms with E-state index >= 15 is 0 Å². The first-order valence-corrected chi connectivity index (χ1v) is 5.24. The van der Waals surface area contributed by atoms with Gasteiger partial charge in [-0.25, -0.2) is 0 Å². The maximum Gasteiger partial charge on any atom is 0.302 e. The third-order valence-corrected chi connectivity index (χ3v) is 2.66. The number of primary amides is 1. The first-order chi connectivity index (χ1) is 7.25. The van der Waals surface area contributed by atoms with E-state index in [4.69, 9.17) is 10.3 Å². The van der Waals surface area contributed by atoms with E-state index in [1.54, 1.807) is 0 Å². The molecule has 8 nitrogen and oxygen atoms in total. The summed E-state index contributed by atoms with van der Waals surface area (Å²) in [5, 5.41) is 10.5. The lowest BCUT2D eigenvalue weighted by Gasteiger charge is -2.03. The molecule has 0 aromatic heterocycles. The average Bonchev–Trinajstić information content (AvgIpc) is 2.15. The zero-order chi connectivity index (χ0) is 12.5. The summed E-state index contributed by atoms with van der Waals surface area (Å²) in [6.45, 7) is 0. The Morgan fingerprint density at radius 3 is 2.38 bits per heavy atom. The Hall–Kier alpha value is -2.00. The molecule has 0 heterocycles. The van der Waals surface area contributed by atoms with E-state index in [9.17, 15) is 23.3 Å². The van der Waals surface area contributed by atoms with E-state index in [0.717, 1.165) is 18.2 Å². The zero-order valence-electron chi connectivity index (χ0n) is 7.65. The average molecular weight is 246 g/mol. The van der Waals surface area contributed by atoms with Gasteiger partial charge in [-0.1, -0.05) is 6.07 Å². The van der Waals surface area contributed by atoms with E-state index in [0.29, 0.717) is 0 Å². The molecular formula is C7H6N2O6S. The number of rotatable bonds is 3. The number of amides is 1. The van der Waals surface area contributed by atoms with Gasteiger partial charge in [0.25, 0.3) is 5.69 Å². The molecule has 0 radical (unpaired) electrons. The van der Waals surface area contributed by atoms with Crippen molar-refractivity contribution in [3.8, 4) is 0 Å². The van der Waals surface area contributed by atoms with Gasteiger partial charge >= 0.3 is 10.1 Å². The fourth-order valence-electron chi connectivity index (χ4n) is 1.13. The molecule has 1 rings (SSSR count). The topological polar surface area (TPSA) is 141 Å². The fourth-order valence-corrected chi connectivity index (χ4v) is 1.99. The number of nitrogens with zero attached hydrogens (tertiary/aromatic N) is 1. The van der Waals surface area contributed by atoms with Crippen LogP contribution in [0.2, 0.25) is 0 Å². The highest BCUT2D eigenvalue weighted by Crippen LogP contribution is 2.26. The number of carbonyl (C=O) groups excluding carboxylic acids is 1.